The zero-order valence-electron chi connectivity index (χ0n) is 9.90. The molecule has 0 aliphatic heterocycles. The van der Waals surface area contributed by atoms with Gasteiger partial charge >= 0.3 is 0 Å². The van der Waals surface area contributed by atoms with Gasteiger partial charge in [0.25, 0.3) is 0 Å². The standard InChI is InChI=1S/C11H18N2O2S/c1-9(2)6-7-12-10-4-5-11(13-8-10)16(3,14)15/h4-5,8-9,12H,6-7H2,1-3H3. The van der Waals surface area contributed by atoms with E-state index in [2.05, 4.69) is 24.1 Å². The van der Waals surface area contributed by atoms with Crippen LogP contribution in [0.5, 0.6) is 0 Å². The Morgan fingerprint density at radius 1 is 1.38 bits per heavy atom. The van der Waals surface area contributed by atoms with Crippen molar-refractivity contribution >= 4 is 15.5 Å². The Labute approximate surface area is 97.0 Å². The van der Waals surface area contributed by atoms with E-state index >= 15 is 0 Å². The van der Waals surface area contributed by atoms with Gasteiger partial charge in [-0.3, -0.25) is 0 Å². The maximum atomic E-state index is 11.2. The third-order valence-corrected chi connectivity index (χ3v) is 3.17. The van der Waals surface area contributed by atoms with Crippen LogP contribution < -0.4 is 5.32 Å². The van der Waals surface area contributed by atoms with Crippen molar-refractivity contribution < 1.29 is 8.42 Å². The zero-order valence-corrected chi connectivity index (χ0v) is 10.7. The van der Waals surface area contributed by atoms with Crippen molar-refractivity contribution in [2.75, 3.05) is 18.1 Å². The van der Waals surface area contributed by atoms with Crippen LogP contribution in [-0.2, 0) is 9.84 Å². The lowest BCUT2D eigenvalue weighted by Crippen LogP contribution is -2.06. The number of sulfone groups is 1. The van der Waals surface area contributed by atoms with E-state index in [-0.39, 0.29) is 5.03 Å². The molecule has 1 rings (SSSR count). The fourth-order valence-corrected chi connectivity index (χ4v) is 1.77. The molecule has 0 unspecified atom stereocenters. The summed E-state index contributed by atoms with van der Waals surface area (Å²) < 4.78 is 22.3. The topological polar surface area (TPSA) is 59.1 Å². The van der Waals surface area contributed by atoms with Crippen LogP contribution in [-0.4, -0.2) is 26.2 Å². The van der Waals surface area contributed by atoms with Gasteiger partial charge in [0.1, 0.15) is 0 Å². The van der Waals surface area contributed by atoms with E-state index in [0.29, 0.717) is 5.92 Å². The van der Waals surface area contributed by atoms with Gasteiger partial charge in [-0.05, 0) is 24.5 Å². The molecule has 0 saturated carbocycles. The molecule has 0 bridgehead atoms. The van der Waals surface area contributed by atoms with E-state index < -0.39 is 9.84 Å². The SMILES string of the molecule is CC(C)CCNc1ccc(S(C)(=O)=O)nc1. The van der Waals surface area contributed by atoms with Crippen LogP contribution in [0.15, 0.2) is 23.4 Å². The highest BCUT2D eigenvalue weighted by Crippen LogP contribution is 2.10. The number of anilines is 1. The van der Waals surface area contributed by atoms with Crippen molar-refractivity contribution in [3.63, 3.8) is 0 Å². The number of hydrogen-bond donors (Lipinski definition) is 1. The van der Waals surface area contributed by atoms with Crippen LogP contribution >= 0.6 is 0 Å². The summed E-state index contributed by atoms with van der Waals surface area (Å²) in [6.07, 6.45) is 3.78. The van der Waals surface area contributed by atoms with Gasteiger partial charge in [0.05, 0.1) is 11.9 Å². The Kier molecular flexibility index (Phi) is 4.29. The molecule has 0 aliphatic rings. The first-order valence-corrected chi connectivity index (χ1v) is 7.18. The minimum absolute atomic E-state index is 0.113. The van der Waals surface area contributed by atoms with Gasteiger partial charge in [0.2, 0.25) is 0 Å². The lowest BCUT2D eigenvalue weighted by molar-refractivity contribution is 0.598. The Balaban J connectivity index is 2.59. The highest BCUT2D eigenvalue weighted by molar-refractivity contribution is 7.90. The summed E-state index contributed by atoms with van der Waals surface area (Å²) in [7, 11) is -3.19. The maximum Gasteiger partial charge on any atom is 0.192 e. The van der Waals surface area contributed by atoms with Crippen molar-refractivity contribution in [3.05, 3.63) is 18.3 Å². The van der Waals surface area contributed by atoms with Crippen molar-refractivity contribution in [3.8, 4) is 0 Å². The summed E-state index contributed by atoms with van der Waals surface area (Å²) in [6, 6.07) is 3.26. The van der Waals surface area contributed by atoms with E-state index in [1.807, 2.05) is 0 Å². The second-order valence-corrected chi connectivity index (χ2v) is 6.23. The van der Waals surface area contributed by atoms with E-state index in [1.54, 1.807) is 12.3 Å². The fraction of sp³-hybridized carbons (Fsp3) is 0.545. The molecule has 90 valence electrons. The number of pyridine rings is 1. The maximum absolute atomic E-state index is 11.2. The fourth-order valence-electron chi connectivity index (χ4n) is 1.21. The minimum Gasteiger partial charge on any atom is -0.384 e. The molecular weight excluding hydrogens is 224 g/mol. The van der Waals surface area contributed by atoms with Crippen LogP contribution in [0.25, 0.3) is 0 Å². The Morgan fingerprint density at radius 2 is 2.06 bits per heavy atom. The van der Waals surface area contributed by atoms with Gasteiger partial charge in [-0.2, -0.15) is 0 Å². The molecule has 0 atom stereocenters. The van der Waals surface area contributed by atoms with Crippen molar-refractivity contribution in [2.45, 2.75) is 25.3 Å². The van der Waals surface area contributed by atoms with Gasteiger partial charge < -0.3 is 5.32 Å². The van der Waals surface area contributed by atoms with Gasteiger partial charge in [-0.25, -0.2) is 13.4 Å². The molecule has 1 aromatic rings. The minimum atomic E-state index is -3.19. The molecule has 0 aliphatic carbocycles. The normalized spacial score (nSPS) is 11.8. The average Bonchev–Trinajstić information content (AvgIpc) is 2.16. The largest absolute Gasteiger partial charge is 0.384 e. The molecule has 0 saturated heterocycles. The number of nitrogens with one attached hydrogen (secondary N) is 1. The third-order valence-electron chi connectivity index (χ3n) is 2.17. The second-order valence-electron chi connectivity index (χ2n) is 4.27. The molecule has 0 fully saturated rings. The van der Waals surface area contributed by atoms with Crippen LogP contribution in [0.2, 0.25) is 0 Å². The quantitative estimate of drug-likeness (QED) is 0.857. The van der Waals surface area contributed by atoms with Crippen LogP contribution in [0.1, 0.15) is 20.3 Å². The summed E-state index contributed by atoms with van der Waals surface area (Å²) in [5.74, 6) is 0.649. The summed E-state index contributed by atoms with van der Waals surface area (Å²) in [6.45, 7) is 5.19. The summed E-state index contributed by atoms with van der Waals surface area (Å²) in [4.78, 5) is 3.90. The first-order valence-electron chi connectivity index (χ1n) is 5.29. The second kappa shape index (κ2) is 5.30. The van der Waals surface area contributed by atoms with E-state index in [4.69, 9.17) is 0 Å². The van der Waals surface area contributed by atoms with E-state index in [9.17, 15) is 8.42 Å². The Bertz CT molecular complexity index is 424. The third kappa shape index (κ3) is 4.18. The number of rotatable bonds is 5. The molecule has 1 N–H and O–H groups in total. The first-order chi connectivity index (χ1) is 7.39. The van der Waals surface area contributed by atoms with Crippen LogP contribution in [0.3, 0.4) is 0 Å². The summed E-state index contributed by atoms with van der Waals surface area (Å²) in [5, 5.41) is 3.31. The Hall–Kier alpha value is -1.10. The van der Waals surface area contributed by atoms with Gasteiger partial charge in [-0.1, -0.05) is 13.8 Å². The molecule has 1 aromatic heterocycles. The molecule has 0 radical (unpaired) electrons. The monoisotopic (exact) mass is 242 g/mol. The molecule has 0 spiro atoms. The molecule has 0 aromatic carbocycles. The lowest BCUT2D eigenvalue weighted by Gasteiger charge is -2.08. The van der Waals surface area contributed by atoms with Gasteiger partial charge in [0, 0.05) is 12.8 Å². The first kappa shape index (κ1) is 13.0. The van der Waals surface area contributed by atoms with Crippen LogP contribution in [0.4, 0.5) is 5.69 Å². The van der Waals surface area contributed by atoms with E-state index in [1.165, 1.54) is 6.07 Å². The number of aromatic nitrogens is 1. The summed E-state index contributed by atoms with van der Waals surface area (Å²) in [5.41, 5.74) is 0.855. The highest BCUT2D eigenvalue weighted by Gasteiger charge is 2.07. The molecule has 4 nitrogen and oxygen atoms in total. The van der Waals surface area contributed by atoms with Crippen molar-refractivity contribution in [1.29, 1.82) is 0 Å². The Morgan fingerprint density at radius 3 is 2.50 bits per heavy atom. The van der Waals surface area contributed by atoms with Crippen molar-refractivity contribution in [1.82, 2.24) is 4.98 Å². The van der Waals surface area contributed by atoms with E-state index in [0.717, 1.165) is 24.9 Å². The zero-order chi connectivity index (χ0) is 12.2. The van der Waals surface area contributed by atoms with Crippen LogP contribution in [0, 0.1) is 5.92 Å². The van der Waals surface area contributed by atoms with Gasteiger partial charge in [0.15, 0.2) is 14.9 Å². The molecule has 16 heavy (non-hydrogen) atoms. The molecule has 5 heteroatoms. The predicted octanol–water partition coefficient (Wildman–Crippen LogP) is 1.94. The predicted molar refractivity (Wildman–Crippen MR) is 65.3 cm³/mol. The number of nitrogens with zero attached hydrogens (tertiary/aromatic N) is 1. The average molecular weight is 242 g/mol. The lowest BCUT2D eigenvalue weighted by atomic mass is 10.1. The van der Waals surface area contributed by atoms with Crippen molar-refractivity contribution in [2.24, 2.45) is 5.92 Å². The molecular formula is C11H18N2O2S. The highest BCUT2D eigenvalue weighted by atomic mass is 32.2. The number of hydrogen-bond acceptors (Lipinski definition) is 4. The summed E-state index contributed by atoms with van der Waals surface area (Å²) >= 11 is 0. The molecule has 0 amide bonds. The molecule has 1 heterocycles. The smallest absolute Gasteiger partial charge is 0.192 e. The van der Waals surface area contributed by atoms with Gasteiger partial charge in [-0.15, -0.1) is 0 Å².